The first kappa shape index (κ1) is 16.4. The van der Waals surface area contributed by atoms with Gasteiger partial charge in [-0.05, 0) is 25.0 Å². The Bertz CT molecular complexity index is 1010. The number of aromatic nitrogens is 4. The topological polar surface area (TPSA) is 81.0 Å². The summed E-state index contributed by atoms with van der Waals surface area (Å²) in [4.78, 5) is 35.3. The standard InChI is InChI=1S/C19H19N5O2/c1-12-15-5-3-4-6-16(15)22-17(21-12)11-24-18(25)8-14(19(24)26)7-13-9-20-23(2)10-13/h3-6,9-10,14H,7-8,11H2,1-2H3. The minimum absolute atomic E-state index is 0.118. The van der Waals surface area contributed by atoms with E-state index in [4.69, 9.17) is 0 Å². The van der Waals surface area contributed by atoms with Crippen LogP contribution in [0.5, 0.6) is 0 Å². The normalized spacial score (nSPS) is 17.5. The number of fused-ring (bicyclic) bond motifs is 1. The molecule has 132 valence electrons. The molecule has 0 bridgehead atoms. The molecule has 1 unspecified atom stereocenters. The number of aryl methyl sites for hydroxylation is 2. The van der Waals surface area contributed by atoms with Crippen LogP contribution in [0.3, 0.4) is 0 Å². The Balaban J connectivity index is 1.54. The number of likely N-dealkylation sites (tertiary alicyclic amines) is 1. The summed E-state index contributed by atoms with van der Waals surface area (Å²) >= 11 is 0. The Morgan fingerprint density at radius 3 is 2.77 bits per heavy atom. The van der Waals surface area contributed by atoms with Crippen LogP contribution < -0.4 is 0 Å². The zero-order valence-corrected chi connectivity index (χ0v) is 14.7. The molecule has 0 saturated carbocycles. The monoisotopic (exact) mass is 349 g/mol. The minimum atomic E-state index is -0.340. The number of carbonyl (C=O) groups is 2. The van der Waals surface area contributed by atoms with Crippen LogP contribution in [0, 0.1) is 12.8 Å². The van der Waals surface area contributed by atoms with Crippen molar-refractivity contribution in [1.29, 1.82) is 0 Å². The Labute approximate surface area is 150 Å². The third-order valence-corrected chi connectivity index (χ3v) is 4.72. The molecule has 7 nitrogen and oxygen atoms in total. The van der Waals surface area contributed by atoms with E-state index in [1.165, 1.54) is 4.90 Å². The molecule has 1 saturated heterocycles. The first-order valence-corrected chi connectivity index (χ1v) is 8.55. The second kappa shape index (κ2) is 6.33. The van der Waals surface area contributed by atoms with Crippen LogP contribution in [-0.4, -0.2) is 36.5 Å². The van der Waals surface area contributed by atoms with Crippen LogP contribution in [0.25, 0.3) is 10.9 Å². The van der Waals surface area contributed by atoms with Crippen molar-refractivity contribution < 1.29 is 9.59 Å². The highest BCUT2D eigenvalue weighted by molar-refractivity contribution is 6.03. The lowest BCUT2D eigenvalue weighted by Crippen LogP contribution is -2.31. The van der Waals surface area contributed by atoms with E-state index < -0.39 is 0 Å². The van der Waals surface area contributed by atoms with E-state index in [1.54, 1.807) is 10.9 Å². The van der Waals surface area contributed by atoms with E-state index in [9.17, 15) is 9.59 Å². The molecule has 1 fully saturated rings. The molecule has 1 aromatic carbocycles. The van der Waals surface area contributed by atoms with E-state index in [0.29, 0.717) is 12.2 Å². The van der Waals surface area contributed by atoms with Gasteiger partial charge >= 0.3 is 0 Å². The smallest absolute Gasteiger partial charge is 0.233 e. The van der Waals surface area contributed by atoms with Crippen molar-refractivity contribution in [2.75, 3.05) is 0 Å². The molecule has 0 spiro atoms. The quantitative estimate of drug-likeness (QED) is 0.671. The zero-order chi connectivity index (χ0) is 18.3. The Morgan fingerprint density at radius 2 is 2.00 bits per heavy atom. The van der Waals surface area contributed by atoms with Crippen molar-refractivity contribution >= 4 is 22.7 Å². The predicted octanol–water partition coefficient (Wildman–Crippen LogP) is 1.79. The van der Waals surface area contributed by atoms with Crippen molar-refractivity contribution in [2.45, 2.75) is 26.3 Å². The van der Waals surface area contributed by atoms with Gasteiger partial charge in [-0.3, -0.25) is 19.2 Å². The molecular formula is C19H19N5O2. The lowest BCUT2D eigenvalue weighted by molar-refractivity contribution is -0.140. The number of benzene rings is 1. The average Bonchev–Trinajstić information content (AvgIpc) is 3.13. The van der Waals surface area contributed by atoms with E-state index in [1.807, 2.05) is 44.4 Å². The molecule has 26 heavy (non-hydrogen) atoms. The number of nitrogens with zero attached hydrogens (tertiary/aromatic N) is 5. The summed E-state index contributed by atoms with van der Waals surface area (Å²) in [7, 11) is 1.83. The van der Waals surface area contributed by atoms with Gasteiger partial charge in [-0.1, -0.05) is 18.2 Å². The lowest BCUT2D eigenvalue weighted by atomic mass is 10.0. The molecule has 1 atom stereocenters. The molecular weight excluding hydrogens is 330 g/mol. The maximum atomic E-state index is 12.7. The average molecular weight is 349 g/mol. The second-order valence-corrected chi connectivity index (χ2v) is 6.69. The van der Waals surface area contributed by atoms with Gasteiger partial charge < -0.3 is 0 Å². The third kappa shape index (κ3) is 2.96. The van der Waals surface area contributed by atoms with Gasteiger partial charge in [0.2, 0.25) is 11.8 Å². The molecule has 2 amide bonds. The molecule has 0 aliphatic carbocycles. The van der Waals surface area contributed by atoms with Gasteiger partial charge in [-0.15, -0.1) is 0 Å². The van der Waals surface area contributed by atoms with E-state index in [0.717, 1.165) is 22.2 Å². The Kier molecular flexibility index (Phi) is 3.99. The molecule has 1 aliphatic rings. The molecule has 4 rings (SSSR count). The zero-order valence-electron chi connectivity index (χ0n) is 14.7. The van der Waals surface area contributed by atoms with Gasteiger partial charge in [0.05, 0.1) is 24.2 Å². The van der Waals surface area contributed by atoms with Crippen molar-refractivity contribution in [1.82, 2.24) is 24.6 Å². The van der Waals surface area contributed by atoms with Crippen LogP contribution in [-0.2, 0) is 29.6 Å². The predicted molar refractivity (Wildman–Crippen MR) is 94.9 cm³/mol. The summed E-state index contributed by atoms with van der Waals surface area (Å²) in [6.45, 7) is 2.03. The summed E-state index contributed by atoms with van der Waals surface area (Å²) in [5.74, 6) is -0.176. The van der Waals surface area contributed by atoms with Crippen molar-refractivity contribution in [3.8, 4) is 0 Å². The second-order valence-electron chi connectivity index (χ2n) is 6.69. The third-order valence-electron chi connectivity index (χ3n) is 4.72. The summed E-state index contributed by atoms with van der Waals surface area (Å²) in [5.41, 5.74) is 2.62. The van der Waals surface area contributed by atoms with Gasteiger partial charge in [0.25, 0.3) is 0 Å². The maximum Gasteiger partial charge on any atom is 0.233 e. The Hall–Kier alpha value is -3.09. The van der Waals surface area contributed by atoms with Gasteiger partial charge in [0, 0.05) is 30.7 Å². The minimum Gasteiger partial charge on any atom is -0.276 e. The number of carbonyl (C=O) groups excluding carboxylic acids is 2. The first-order valence-electron chi connectivity index (χ1n) is 8.55. The molecule has 0 N–H and O–H groups in total. The lowest BCUT2D eigenvalue weighted by Gasteiger charge is -2.14. The summed E-state index contributed by atoms with van der Waals surface area (Å²) < 4.78 is 1.69. The first-order chi connectivity index (χ1) is 12.5. The highest BCUT2D eigenvalue weighted by atomic mass is 16.2. The molecule has 3 heterocycles. The van der Waals surface area contributed by atoms with E-state index in [2.05, 4.69) is 15.1 Å². The molecule has 1 aliphatic heterocycles. The van der Waals surface area contributed by atoms with E-state index in [-0.39, 0.29) is 30.7 Å². The van der Waals surface area contributed by atoms with Crippen molar-refractivity contribution in [2.24, 2.45) is 13.0 Å². The fourth-order valence-corrected chi connectivity index (χ4v) is 3.45. The van der Waals surface area contributed by atoms with Gasteiger partial charge in [0.1, 0.15) is 5.82 Å². The van der Waals surface area contributed by atoms with Crippen LogP contribution in [0.4, 0.5) is 0 Å². The number of hydrogen-bond acceptors (Lipinski definition) is 5. The number of rotatable bonds is 4. The summed E-state index contributed by atoms with van der Waals surface area (Å²) in [5, 5.41) is 5.09. The van der Waals surface area contributed by atoms with E-state index >= 15 is 0 Å². The van der Waals surface area contributed by atoms with Crippen molar-refractivity contribution in [3.05, 3.63) is 53.7 Å². The largest absolute Gasteiger partial charge is 0.276 e. The highest BCUT2D eigenvalue weighted by Crippen LogP contribution is 2.25. The Morgan fingerprint density at radius 1 is 1.19 bits per heavy atom. The number of hydrogen-bond donors (Lipinski definition) is 0. The maximum absolute atomic E-state index is 12.7. The highest BCUT2D eigenvalue weighted by Gasteiger charge is 2.39. The van der Waals surface area contributed by atoms with Gasteiger partial charge in [0.15, 0.2) is 0 Å². The van der Waals surface area contributed by atoms with Gasteiger partial charge in [-0.25, -0.2) is 9.97 Å². The van der Waals surface area contributed by atoms with Crippen LogP contribution in [0.2, 0.25) is 0 Å². The number of amides is 2. The van der Waals surface area contributed by atoms with Crippen LogP contribution in [0.15, 0.2) is 36.7 Å². The molecule has 2 aromatic heterocycles. The summed E-state index contributed by atoms with van der Waals surface area (Å²) in [6, 6.07) is 7.72. The van der Waals surface area contributed by atoms with Crippen molar-refractivity contribution in [3.63, 3.8) is 0 Å². The number of imide groups is 1. The molecule has 0 radical (unpaired) electrons. The van der Waals surface area contributed by atoms with Crippen LogP contribution >= 0.6 is 0 Å². The van der Waals surface area contributed by atoms with Crippen LogP contribution in [0.1, 0.15) is 23.5 Å². The van der Waals surface area contributed by atoms with Gasteiger partial charge in [-0.2, -0.15) is 5.10 Å². The fourth-order valence-electron chi connectivity index (χ4n) is 3.45. The molecule has 7 heteroatoms. The fraction of sp³-hybridized carbons (Fsp3) is 0.316. The molecule has 3 aromatic rings. The SMILES string of the molecule is Cc1nc(CN2C(=O)CC(Cc3cnn(C)c3)C2=O)nc2ccccc12. The number of para-hydroxylation sites is 1. The summed E-state index contributed by atoms with van der Waals surface area (Å²) in [6.07, 6.45) is 4.35.